The summed E-state index contributed by atoms with van der Waals surface area (Å²) >= 11 is 0. The van der Waals surface area contributed by atoms with Crippen molar-refractivity contribution in [2.24, 2.45) is 5.92 Å². The number of hydrogen-bond donors (Lipinski definition) is 1. The number of benzene rings is 2. The van der Waals surface area contributed by atoms with E-state index < -0.39 is 0 Å². The molecule has 0 radical (unpaired) electrons. The van der Waals surface area contributed by atoms with E-state index in [0.717, 1.165) is 5.56 Å². The lowest BCUT2D eigenvalue weighted by Gasteiger charge is -2.23. The average molecular weight is 303 g/mol. The zero-order chi connectivity index (χ0) is 16.1. The Morgan fingerprint density at radius 2 is 1.68 bits per heavy atom. The highest BCUT2D eigenvalue weighted by Crippen LogP contribution is 2.22. The molecule has 0 aliphatic carbocycles. The second-order valence-corrected chi connectivity index (χ2v) is 5.61. The SMILES string of the molecule is CC(C)[C@@H](NC(=O)Cc1ccccc1F)c1ccc(F)cc1. The Hall–Kier alpha value is -2.23. The Labute approximate surface area is 129 Å². The molecule has 1 atom stereocenters. The van der Waals surface area contributed by atoms with Crippen molar-refractivity contribution in [3.05, 3.63) is 71.3 Å². The number of carbonyl (C=O) groups excluding carboxylic acids is 1. The Kier molecular flexibility index (Phi) is 5.26. The van der Waals surface area contributed by atoms with Gasteiger partial charge < -0.3 is 5.32 Å². The molecule has 0 aromatic heterocycles. The van der Waals surface area contributed by atoms with E-state index in [-0.39, 0.29) is 35.9 Å². The molecule has 2 aromatic rings. The first-order valence-electron chi connectivity index (χ1n) is 7.25. The lowest BCUT2D eigenvalue weighted by atomic mass is 9.95. The molecular weight excluding hydrogens is 284 g/mol. The quantitative estimate of drug-likeness (QED) is 0.888. The van der Waals surface area contributed by atoms with Crippen molar-refractivity contribution in [1.29, 1.82) is 0 Å². The van der Waals surface area contributed by atoms with Gasteiger partial charge in [0.1, 0.15) is 11.6 Å². The molecule has 2 rings (SSSR count). The summed E-state index contributed by atoms with van der Waals surface area (Å²) in [5.41, 5.74) is 1.19. The zero-order valence-corrected chi connectivity index (χ0v) is 12.6. The molecule has 0 saturated carbocycles. The molecule has 1 N–H and O–H groups in total. The highest BCUT2D eigenvalue weighted by molar-refractivity contribution is 5.79. The van der Waals surface area contributed by atoms with Gasteiger partial charge in [-0.05, 0) is 35.2 Å². The van der Waals surface area contributed by atoms with Crippen molar-refractivity contribution in [1.82, 2.24) is 5.32 Å². The van der Waals surface area contributed by atoms with Gasteiger partial charge in [-0.25, -0.2) is 8.78 Å². The standard InChI is InChI=1S/C18H19F2NO/c1-12(2)18(13-7-9-15(19)10-8-13)21-17(22)11-14-5-3-4-6-16(14)20/h3-10,12,18H,11H2,1-2H3,(H,21,22)/t18-/m1/s1. The van der Waals surface area contributed by atoms with E-state index in [4.69, 9.17) is 0 Å². The normalized spacial score (nSPS) is 12.2. The van der Waals surface area contributed by atoms with Crippen LogP contribution < -0.4 is 5.32 Å². The van der Waals surface area contributed by atoms with Crippen LogP contribution in [0.1, 0.15) is 31.0 Å². The van der Waals surface area contributed by atoms with E-state index in [1.165, 1.54) is 18.2 Å². The van der Waals surface area contributed by atoms with Crippen molar-refractivity contribution < 1.29 is 13.6 Å². The first-order chi connectivity index (χ1) is 10.5. The van der Waals surface area contributed by atoms with Crippen LogP contribution in [0.15, 0.2) is 48.5 Å². The Balaban J connectivity index is 2.09. The minimum atomic E-state index is -0.388. The molecule has 0 aliphatic rings. The van der Waals surface area contributed by atoms with Crippen LogP contribution >= 0.6 is 0 Å². The van der Waals surface area contributed by atoms with Gasteiger partial charge >= 0.3 is 0 Å². The third kappa shape index (κ3) is 4.13. The summed E-state index contributed by atoms with van der Waals surface area (Å²) in [6.45, 7) is 3.94. The molecule has 2 aromatic carbocycles. The molecule has 2 nitrogen and oxygen atoms in total. The molecule has 0 unspecified atom stereocenters. The van der Waals surface area contributed by atoms with Gasteiger partial charge in [0.05, 0.1) is 12.5 Å². The summed E-state index contributed by atoms with van der Waals surface area (Å²) in [6.07, 6.45) is -0.0168. The Morgan fingerprint density at radius 1 is 1.05 bits per heavy atom. The molecular formula is C18H19F2NO. The molecule has 22 heavy (non-hydrogen) atoms. The molecule has 0 bridgehead atoms. The predicted octanol–water partition coefficient (Wildman–Crippen LogP) is 4.02. The third-order valence-electron chi connectivity index (χ3n) is 3.52. The number of carbonyl (C=O) groups is 1. The van der Waals surface area contributed by atoms with Crippen LogP contribution in [0.2, 0.25) is 0 Å². The fourth-order valence-corrected chi connectivity index (χ4v) is 2.34. The molecule has 0 saturated heterocycles. The van der Waals surface area contributed by atoms with Crippen molar-refractivity contribution in [2.45, 2.75) is 26.3 Å². The Morgan fingerprint density at radius 3 is 2.27 bits per heavy atom. The smallest absolute Gasteiger partial charge is 0.225 e. The van der Waals surface area contributed by atoms with E-state index in [0.29, 0.717) is 5.56 Å². The second-order valence-electron chi connectivity index (χ2n) is 5.61. The lowest BCUT2D eigenvalue weighted by Crippen LogP contribution is -2.33. The maximum absolute atomic E-state index is 13.6. The largest absolute Gasteiger partial charge is 0.349 e. The molecule has 0 heterocycles. The zero-order valence-electron chi connectivity index (χ0n) is 12.6. The van der Waals surface area contributed by atoms with E-state index >= 15 is 0 Å². The van der Waals surface area contributed by atoms with Crippen molar-refractivity contribution >= 4 is 5.91 Å². The lowest BCUT2D eigenvalue weighted by molar-refractivity contribution is -0.121. The molecule has 0 aliphatic heterocycles. The van der Waals surface area contributed by atoms with Gasteiger partial charge in [-0.15, -0.1) is 0 Å². The highest BCUT2D eigenvalue weighted by Gasteiger charge is 2.19. The van der Waals surface area contributed by atoms with E-state index in [1.807, 2.05) is 13.8 Å². The van der Waals surface area contributed by atoms with E-state index in [1.54, 1.807) is 30.3 Å². The summed E-state index contributed by atoms with van der Waals surface area (Å²) in [5, 5.41) is 2.90. The first kappa shape index (κ1) is 16.1. The number of amides is 1. The average Bonchev–Trinajstić information content (AvgIpc) is 2.48. The van der Waals surface area contributed by atoms with Crippen LogP contribution in [0.25, 0.3) is 0 Å². The molecule has 0 spiro atoms. The monoisotopic (exact) mass is 303 g/mol. The summed E-state index contributed by atoms with van der Waals surface area (Å²) in [6, 6.07) is 12.0. The summed E-state index contributed by atoms with van der Waals surface area (Å²) in [5.74, 6) is -0.826. The summed E-state index contributed by atoms with van der Waals surface area (Å²) < 4.78 is 26.6. The fourth-order valence-electron chi connectivity index (χ4n) is 2.34. The summed E-state index contributed by atoms with van der Waals surface area (Å²) in [4.78, 5) is 12.2. The van der Waals surface area contributed by atoms with E-state index in [9.17, 15) is 13.6 Å². The first-order valence-corrected chi connectivity index (χ1v) is 7.25. The number of halogens is 2. The number of rotatable bonds is 5. The van der Waals surface area contributed by atoms with Gasteiger partial charge in [0.15, 0.2) is 0 Å². The number of hydrogen-bond acceptors (Lipinski definition) is 1. The molecule has 4 heteroatoms. The van der Waals surface area contributed by atoms with Crippen LogP contribution in [-0.2, 0) is 11.2 Å². The molecule has 0 fully saturated rings. The van der Waals surface area contributed by atoms with Crippen LogP contribution in [0, 0.1) is 17.6 Å². The van der Waals surface area contributed by atoms with Crippen LogP contribution in [0.5, 0.6) is 0 Å². The minimum absolute atomic E-state index is 0.0168. The topological polar surface area (TPSA) is 29.1 Å². The van der Waals surface area contributed by atoms with Crippen LogP contribution in [0.3, 0.4) is 0 Å². The highest BCUT2D eigenvalue weighted by atomic mass is 19.1. The van der Waals surface area contributed by atoms with E-state index in [2.05, 4.69) is 5.32 Å². The third-order valence-corrected chi connectivity index (χ3v) is 3.52. The molecule has 1 amide bonds. The van der Waals surface area contributed by atoms with Crippen molar-refractivity contribution in [2.75, 3.05) is 0 Å². The fraction of sp³-hybridized carbons (Fsp3) is 0.278. The minimum Gasteiger partial charge on any atom is -0.349 e. The maximum Gasteiger partial charge on any atom is 0.225 e. The van der Waals surface area contributed by atoms with Crippen LogP contribution in [-0.4, -0.2) is 5.91 Å². The van der Waals surface area contributed by atoms with Gasteiger partial charge in [0.25, 0.3) is 0 Å². The second kappa shape index (κ2) is 7.16. The van der Waals surface area contributed by atoms with Crippen molar-refractivity contribution in [3.8, 4) is 0 Å². The van der Waals surface area contributed by atoms with Gasteiger partial charge in [0, 0.05) is 0 Å². The summed E-state index contributed by atoms with van der Waals surface area (Å²) in [7, 11) is 0. The maximum atomic E-state index is 13.6. The van der Waals surface area contributed by atoms with Crippen LogP contribution in [0.4, 0.5) is 8.78 Å². The van der Waals surface area contributed by atoms with Gasteiger partial charge in [-0.3, -0.25) is 4.79 Å². The van der Waals surface area contributed by atoms with Gasteiger partial charge in [0.2, 0.25) is 5.91 Å². The van der Waals surface area contributed by atoms with Gasteiger partial charge in [-0.1, -0.05) is 44.2 Å². The van der Waals surface area contributed by atoms with Crippen molar-refractivity contribution in [3.63, 3.8) is 0 Å². The number of nitrogens with one attached hydrogen (secondary N) is 1. The van der Waals surface area contributed by atoms with Gasteiger partial charge in [-0.2, -0.15) is 0 Å². The predicted molar refractivity (Wildman–Crippen MR) is 82.2 cm³/mol. The Bertz CT molecular complexity index is 638. The molecule has 116 valence electrons.